The van der Waals surface area contributed by atoms with Crippen LogP contribution in [0, 0.1) is 5.41 Å². The van der Waals surface area contributed by atoms with Crippen molar-refractivity contribution in [3.05, 3.63) is 29.8 Å². The number of nitrogens with one attached hydrogen (secondary N) is 1. The Labute approximate surface area is 150 Å². The highest BCUT2D eigenvalue weighted by Gasteiger charge is 2.53. The number of nitrogens with zero attached hydrogens (tertiary/aromatic N) is 2. The quantitative estimate of drug-likeness (QED) is 0.608. The monoisotopic (exact) mass is 346 g/mol. The Bertz CT molecular complexity index is 635. The van der Waals surface area contributed by atoms with Gasteiger partial charge >= 0.3 is 0 Å². The second-order valence-corrected chi connectivity index (χ2v) is 7.65. The topological polar surface area (TPSA) is 80.0 Å². The summed E-state index contributed by atoms with van der Waals surface area (Å²) in [6, 6.07) is 7.71. The molecule has 1 saturated heterocycles. The highest BCUT2D eigenvalue weighted by molar-refractivity contribution is 5.82. The SMILES string of the molecule is CN=C(NCCc1ccc(OCC(N)=O)cc1)N1CC(C)(C)C1(C)C. The summed E-state index contributed by atoms with van der Waals surface area (Å²) < 4.78 is 5.26. The van der Waals surface area contributed by atoms with E-state index in [1.807, 2.05) is 31.3 Å². The van der Waals surface area contributed by atoms with Gasteiger partial charge in [-0.15, -0.1) is 0 Å². The Morgan fingerprint density at radius 1 is 1.28 bits per heavy atom. The van der Waals surface area contributed by atoms with Crippen molar-refractivity contribution in [1.29, 1.82) is 0 Å². The Morgan fingerprint density at radius 2 is 1.92 bits per heavy atom. The number of likely N-dealkylation sites (tertiary alicyclic amines) is 1. The fourth-order valence-corrected chi connectivity index (χ4v) is 2.92. The van der Waals surface area contributed by atoms with Gasteiger partial charge in [0.25, 0.3) is 5.91 Å². The molecule has 0 atom stereocenters. The summed E-state index contributed by atoms with van der Waals surface area (Å²) in [4.78, 5) is 17.5. The molecule has 0 radical (unpaired) electrons. The average molecular weight is 346 g/mol. The summed E-state index contributed by atoms with van der Waals surface area (Å²) in [5.74, 6) is 1.12. The molecule has 0 unspecified atom stereocenters. The van der Waals surface area contributed by atoms with Crippen molar-refractivity contribution in [2.45, 2.75) is 39.7 Å². The lowest BCUT2D eigenvalue weighted by molar-refractivity contribution is -0.119. The first-order chi connectivity index (χ1) is 11.7. The predicted octanol–water partition coefficient (Wildman–Crippen LogP) is 1.79. The van der Waals surface area contributed by atoms with Crippen molar-refractivity contribution in [3.8, 4) is 5.75 Å². The van der Waals surface area contributed by atoms with E-state index in [0.717, 1.165) is 25.5 Å². The molecular weight excluding hydrogens is 316 g/mol. The molecular formula is C19H30N4O2. The number of amides is 1. The summed E-state index contributed by atoms with van der Waals surface area (Å²) >= 11 is 0. The van der Waals surface area contributed by atoms with Gasteiger partial charge in [-0.1, -0.05) is 26.0 Å². The third kappa shape index (κ3) is 4.24. The van der Waals surface area contributed by atoms with Crippen LogP contribution in [0.2, 0.25) is 0 Å². The molecule has 1 aromatic carbocycles. The summed E-state index contributed by atoms with van der Waals surface area (Å²) in [5, 5.41) is 3.45. The maximum absolute atomic E-state index is 10.7. The van der Waals surface area contributed by atoms with Crippen molar-refractivity contribution < 1.29 is 9.53 Å². The van der Waals surface area contributed by atoms with Gasteiger partial charge in [0.1, 0.15) is 5.75 Å². The number of guanidine groups is 1. The normalized spacial score (nSPS) is 18.4. The van der Waals surface area contributed by atoms with E-state index in [9.17, 15) is 4.79 Å². The van der Waals surface area contributed by atoms with Crippen LogP contribution in [0.3, 0.4) is 0 Å². The molecule has 1 aromatic rings. The van der Waals surface area contributed by atoms with E-state index < -0.39 is 5.91 Å². The minimum absolute atomic E-state index is 0.0915. The summed E-state index contributed by atoms with van der Waals surface area (Å²) in [7, 11) is 1.83. The van der Waals surface area contributed by atoms with Gasteiger partial charge in [0, 0.05) is 31.1 Å². The first kappa shape index (κ1) is 19.1. The van der Waals surface area contributed by atoms with E-state index in [4.69, 9.17) is 10.5 Å². The van der Waals surface area contributed by atoms with Crippen LogP contribution in [0.25, 0.3) is 0 Å². The van der Waals surface area contributed by atoms with Gasteiger partial charge in [-0.25, -0.2) is 0 Å². The third-order valence-corrected chi connectivity index (χ3v) is 5.35. The van der Waals surface area contributed by atoms with Gasteiger partial charge in [0.05, 0.1) is 0 Å². The molecule has 1 heterocycles. The number of carbonyl (C=O) groups is 1. The molecule has 138 valence electrons. The second-order valence-electron chi connectivity index (χ2n) is 7.65. The summed E-state index contributed by atoms with van der Waals surface area (Å²) in [6.07, 6.45) is 0.882. The summed E-state index contributed by atoms with van der Waals surface area (Å²) in [5.41, 5.74) is 6.63. The fraction of sp³-hybridized carbons (Fsp3) is 0.579. The maximum Gasteiger partial charge on any atom is 0.255 e. The molecule has 1 amide bonds. The van der Waals surface area contributed by atoms with Gasteiger partial charge < -0.3 is 20.7 Å². The molecule has 0 aromatic heterocycles. The molecule has 1 aliphatic heterocycles. The first-order valence-electron chi connectivity index (χ1n) is 8.66. The van der Waals surface area contributed by atoms with Gasteiger partial charge in [0.2, 0.25) is 0 Å². The van der Waals surface area contributed by atoms with Crippen LogP contribution < -0.4 is 15.8 Å². The zero-order valence-electron chi connectivity index (χ0n) is 15.9. The largest absolute Gasteiger partial charge is 0.484 e. The van der Waals surface area contributed by atoms with Gasteiger partial charge in [-0.2, -0.15) is 0 Å². The van der Waals surface area contributed by atoms with Crippen LogP contribution >= 0.6 is 0 Å². The number of hydrogen-bond donors (Lipinski definition) is 2. The van der Waals surface area contributed by atoms with Crippen LogP contribution in [-0.4, -0.2) is 49.0 Å². The zero-order chi connectivity index (χ0) is 18.7. The molecule has 6 heteroatoms. The molecule has 1 aliphatic rings. The van der Waals surface area contributed by atoms with Gasteiger partial charge in [-0.3, -0.25) is 9.79 Å². The van der Waals surface area contributed by atoms with Crippen molar-refractivity contribution in [2.24, 2.45) is 16.1 Å². The van der Waals surface area contributed by atoms with E-state index in [1.165, 1.54) is 5.56 Å². The molecule has 0 spiro atoms. The smallest absolute Gasteiger partial charge is 0.255 e. The zero-order valence-corrected chi connectivity index (χ0v) is 15.9. The van der Waals surface area contributed by atoms with Crippen LogP contribution in [0.15, 0.2) is 29.3 Å². The minimum Gasteiger partial charge on any atom is -0.484 e. The Hall–Kier alpha value is -2.24. The van der Waals surface area contributed by atoms with E-state index in [2.05, 4.69) is 42.9 Å². The summed E-state index contributed by atoms with van der Waals surface area (Å²) in [6.45, 7) is 10.8. The van der Waals surface area contributed by atoms with Gasteiger partial charge in [-0.05, 0) is 38.0 Å². The Kier molecular flexibility index (Phi) is 5.60. The predicted molar refractivity (Wildman–Crippen MR) is 101 cm³/mol. The van der Waals surface area contributed by atoms with Gasteiger partial charge in [0.15, 0.2) is 12.6 Å². The molecule has 0 saturated carbocycles. The first-order valence-corrected chi connectivity index (χ1v) is 8.66. The molecule has 1 fully saturated rings. The fourth-order valence-electron chi connectivity index (χ4n) is 2.92. The minimum atomic E-state index is -0.475. The average Bonchev–Trinajstić information content (AvgIpc) is 2.56. The lowest BCUT2D eigenvalue weighted by atomic mass is 9.65. The lowest BCUT2D eigenvalue weighted by Gasteiger charge is -2.62. The molecule has 0 aliphatic carbocycles. The molecule has 2 rings (SSSR count). The van der Waals surface area contributed by atoms with Crippen molar-refractivity contribution in [1.82, 2.24) is 10.2 Å². The highest BCUT2D eigenvalue weighted by atomic mass is 16.5. The van der Waals surface area contributed by atoms with E-state index >= 15 is 0 Å². The van der Waals surface area contributed by atoms with E-state index in [0.29, 0.717) is 5.75 Å². The molecule has 6 nitrogen and oxygen atoms in total. The third-order valence-electron chi connectivity index (χ3n) is 5.35. The van der Waals surface area contributed by atoms with Crippen LogP contribution in [0.5, 0.6) is 5.75 Å². The van der Waals surface area contributed by atoms with E-state index in [1.54, 1.807) is 0 Å². The highest BCUT2D eigenvalue weighted by Crippen LogP contribution is 2.46. The van der Waals surface area contributed by atoms with Crippen LogP contribution in [-0.2, 0) is 11.2 Å². The number of benzene rings is 1. The number of rotatable bonds is 6. The number of aliphatic imine (C=N–C) groups is 1. The molecule has 3 N–H and O–H groups in total. The number of ether oxygens (including phenoxy) is 1. The Morgan fingerprint density at radius 3 is 2.40 bits per heavy atom. The number of carbonyl (C=O) groups excluding carboxylic acids is 1. The van der Waals surface area contributed by atoms with Crippen molar-refractivity contribution >= 4 is 11.9 Å². The molecule has 0 bridgehead atoms. The van der Waals surface area contributed by atoms with Crippen molar-refractivity contribution in [3.63, 3.8) is 0 Å². The number of nitrogens with two attached hydrogens (primary N) is 1. The molecule has 25 heavy (non-hydrogen) atoms. The van der Waals surface area contributed by atoms with Crippen LogP contribution in [0.4, 0.5) is 0 Å². The van der Waals surface area contributed by atoms with Crippen LogP contribution in [0.1, 0.15) is 33.3 Å². The number of hydrogen-bond acceptors (Lipinski definition) is 3. The maximum atomic E-state index is 10.7. The van der Waals surface area contributed by atoms with E-state index in [-0.39, 0.29) is 17.6 Å². The second kappa shape index (κ2) is 7.33. The standard InChI is InChI=1S/C19H30N4O2/c1-18(2)13-23(19(18,3)4)17(21-5)22-11-10-14-6-8-15(9-7-14)25-12-16(20)24/h6-9H,10-13H2,1-5H3,(H2,20,24)(H,21,22). The van der Waals surface area contributed by atoms with Crippen molar-refractivity contribution in [2.75, 3.05) is 26.7 Å². The Balaban J connectivity index is 1.83. The number of primary amides is 1. The lowest BCUT2D eigenvalue weighted by Crippen LogP contribution is -2.72.